The SMILES string of the molecule is CN1CCNC[C@@H]1c1nnc2cnc3[nH]ccc3n12. The normalized spacial score (nSPS) is 21.4. The smallest absolute Gasteiger partial charge is 0.180 e. The molecular weight excluding hydrogens is 242 g/mol. The molecule has 3 aromatic rings. The molecule has 0 bridgehead atoms. The molecule has 1 atom stereocenters. The fourth-order valence-electron chi connectivity index (χ4n) is 2.71. The van der Waals surface area contributed by atoms with Crippen molar-refractivity contribution in [1.82, 2.24) is 34.8 Å². The number of hydrogen-bond donors (Lipinski definition) is 2. The minimum Gasteiger partial charge on any atom is -0.345 e. The molecule has 4 rings (SSSR count). The van der Waals surface area contributed by atoms with Crippen molar-refractivity contribution in [2.75, 3.05) is 26.7 Å². The average Bonchev–Trinajstić information content (AvgIpc) is 3.04. The van der Waals surface area contributed by atoms with Crippen LogP contribution in [0.4, 0.5) is 0 Å². The fourth-order valence-corrected chi connectivity index (χ4v) is 2.71. The van der Waals surface area contributed by atoms with Crippen LogP contribution in [0.3, 0.4) is 0 Å². The van der Waals surface area contributed by atoms with Crippen molar-refractivity contribution in [3.05, 3.63) is 24.3 Å². The topological polar surface area (TPSA) is 74.1 Å². The third-order valence-corrected chi connectivity index (χ3v) is 3.78. The summed E-state index contributed by atoms with van der Waals surface area (Å²) in [4.78, 5) is 9.78. The molecule has 0 unspecified atom stereocenters. The maximum atomic E-state index is 4.38. The average molecular weight is 257 g/mol. The Morgan fingerprint density at radius 2 is 2.32 bits per heavy atom. The Morgan fingerprint density at radius 3 is 3.21 bits per heavy atom. The molecule has 0 radical (unpaired) electrons. The summed E-state index contributed by atoms with van der Waals surface area (Å²) in [5.74, 6) is 0.969. The summed E-state index contributed by atoms with van der Waals surface area (Å²) < 4.78 is 2.09. The number of likely N-dealkylation sites (N-methyl/N-ethyl adjacent to an activating group) is 1. The van der Waals surface area contributed by atoms with Crippen LogP contribution in [0.15, 0.2) is 18.5 Å². The number of nitrogens with zero attached hydrogens (tertiary/aromatic N) is 5. The Balaban J connectivity index is 1.96. The maximum Gasteiger partial charge on any atom is 0.180 e. The molecule has 7 nitrogen and oxygen atoms in total. The molecule has 0 spiro atoms. The molecule has 0 saturated carbocycles. The Morgan fingerprint density at radius 1 is 1.37 bits per heavy atom. The van der Waals surface area contributed by atoms with E-state index in [1.807, 2.05) is 12.3 Å². The molecule has 0 aromatic carbocycles. The first kappa shape index (κ1) is 10.9. The van der Waals surface area contributed by atoms with Gasteiger partial charge in [-0.2, -0.15) is 0 Å². The Bertz CT molecular complexity index is 728. The summed E-state index contributed by atoms with van der Waals surface area (Å²) in [5, 5.41) is 12.0. The summed E-state index contributed by atoms with van der Waals surface area (Å²) in [6.45, 7) is 2.93. The number of hydrogen-bond acceptors (Lipinski definition) is 5. The number of fused-ring (bicyclic) bond motifs is 3. The van der Waals surface area contributed by atoms with Gasteiger partial charge in [0.25, 0.3) is 0 Å². The van der Waals surface area contributed by atoms with Crippen LogP contribution in [-0.4, -0.2) is 56.1 Å². The van der Waals surface area contributed by atoms with Gasteiger partial charge in [-0.25, -0.2) is 4.98 Å². The molecule has 19 heavy (non-hydrogen) atoms. The number of H-pyrrole nitrogens is 1. The standard InChI is InChI=1S/C12H15N7/c1-18-5-4-13-6-9(18)12-17-16-10-7-15-11-8(19(10)12)2-3-14-11/h2-3,7,9,13-14H,4-6H2,1H3/t9-/m1/s1. The zero-order valence-corrected chi connectivity index (χ0v) is 10.7. The van der Waals surface area contributed by atoms with E-state index in [0.29, 0.717) is 0 Å². The van der Waals surface area contributed by atoms with E-state index in [1.54, 1.807) is 6.20 Å². The highest BCUT2D eigenvalue weighted by Crippen LogP contribution is 2.22. The minimum atomic E-state index is 0.240. The van der Waals surface area contributed by atoms with Crippen LogP contribution in [-0.2, 0) is 0 Å². The van der Waals surface area contributed by atoms with E-state index < -0.39 is 0 Å². The van der Waals surface area contributed by atoms with Crippen LogP contribution >= 0.6 is 0 Å². The van der Waals surface area contributed by atoms with Gasteiger partial charge in [0, 0.05) is 25.8 Å². The fraction of sp³-hybridized carbons (Fsp3) is 0.417. The second kappa shape index (κ2) is 4.01. The van der Waals surface area contributed by atoms with Crippen LogP contribution in [0.25, 0.3) is 16.8 Å². The largest absolute Gasteiger partial charge is 0.345 e. The number of aromatic nitrogens is 5. The molecular formula is C12H15N7. The van der Waals surface area contributed by atoms with E-state index in [4.69, 9.17) is 0 Å². The number of rotatable bonds is 1. The van der Waals surface area contributed by atoms with E-state index in [-0.39, 0.29) is 6.04 Å². The molecule has 2 N–H and O–H groups in total. The predicted octanol–water partition coefficient (Wildman–Crippen LogP) is 0.182. The molecule has 1 aliphatic rings. The zero-order chi connectivity index (χ0) is 12.8. The molecule has 0 aliphatic carbocycles. The molecule has 3 aromatic heterocycles. The first-order valence-electron chi connectivity index (χ1n) is 6.42. The lowest BCUT2D eigenvalue weighted by atomic mass is 10.2. The second-order valence-corrected chi connectivity index (χ2v) is 4.92. The third-order valence-electron chi connectivity index (χ3n) is 3.78. The quantitative estimate of drug-likeness (QED) is 0.650. The van der Waals surface area contributed by atoms with Gasteiger partial charge in [-0.15, -0.1) is 10.2 Å². The first-order chi connectivity index (χ1) is 9.34. The van der Waals surface area contributed by atoms with Crippen molar-refractivity contribution >= 4 is 16.8 Å². The first-order valence-corrected chi connectivity index (χ1v) is 6.42. The van der Waals surface area contributed by atoms with Crippen LogP contribution in [0.2, 0.25) is 0 Å². The molecule has 7 heteroatoms. The van der Waals surface area contributed by atoms with Crippen molar-refractivity contribution < 1.29 is 0 Å². The van der Waals surface area contributed by atoms with Gasteiger partial charge in [-0.3, -0.25) is 9.30 Å². The molecule has 1 aliphatic heterocycles. The monoisotopic (exact) mass is 257 g/mol. The van der Waals surface area contributed by atoms with Crippen molar-refractivity contribution in [3.8, 4) is 0 Å². The van der Waals surface area contributed by atoms with Gasteiger partial charge >= 0.3 is 0 Å². The Kier molecular flexibility index (Phi) is 2.30. The van der Waals surface area contributed by atoms with E-state index in [2.05, 4.69) is 41.8 Å². The third kappa shape index (κ3) is 1.55. The summed E-state index contributed by atoms with van der Waals surface area (Å²) in [6, 6.07) is 2.25. The van der Waals surface area contributed by atoms with Gasteiger partial charge in [-0.05, 0) is 13.1 Å². The van der Waals surface area contributed by atoms with Crippen LogP contribution in [0.1, 0.15) is 11.9 Å². The molecule has 98 valence electrons. The summed E-state index contributed by atoms with van der Waals surface area (Å²) >= 11 is 0. The van der Waals surface area contributed by atoms with E-state index in [0.717, 1.165) is 42.3 Å². The van der Waals surface area contributed by atoms with Gasteiger partial charge in [0.15, 0.2) is 17.1 Å². The Labute approximate surface area is 109 Å². The summed E-state index contributed by atoms with van der Waals surface area (Å²) in [7, 11) is 2.13. The minimum absolute atomic E-state index is 0.240. The van der Waals surface area contributed by atoms with Crippen LogP contribution < -0.4 is 5.32 Å². The highest BCUT2D eigenvalue weighted by atomic mass is 15.3. The van der Waals surface area contributed by atoms with E-state index >= 15 is 0 Å². The highest BCUT2D eigenvalue weighted by Gasteiger charge is 2.25. The maximum absolute atomic E-state index is 4.38. The predicted molar refractivity (Wildman–Crippen MR) is 70.9 cm³/mol. The van der Waals surface area contributed by atoms with Gasteiger partial charge < -0.3 is 10.3 Å². The van der Waals surface area contributed by atoms with Crippen molar-refractivity contribution in [2.45, 2.75) is 6.04 Å². The second-order valence-electron chi connectivity index (χ2n) is 4.92. The number of aromatic amines is 1. The lowest BCUT2D eigenvalue weighted by Gasteiger charge is -2.31. The highest BCUT2D eigenvalue weighted by molar-refractivity contribution is 5.74. The van der Waals surface area contributed by atoms with Gasteiger partial charge in [0.05, 0.1) is 17.8 Å². The summed E-state index contributed by atoms with van der Waals surface area (Å²) in [5.41, 5.74) is 2.68. The Hall–Kier alpha value is -1.99. The molecule has 4 heterocycles. The van der Waals surface area contributed by atoms with Gasteiger partial charge in [-0.1, -0.05) is 0 Å². The molecule has 0 amide bonds. The number of nitrogens with one attached hydrogen (secondary N) is 2. The van der Waals surface area contributed by atoms with E-state index in [1.165, 1.54) is 0 Å². The van der Waals surface area contributed by atoms with Crippen molar-refractivity contribution in [1.29, 1.82) is 0 Å². The van der Waals surface area contributed by atoms with Crippen LogP contribution in [0, 0.1) is 0 Å². The lowest BCUT2D eigenvalue weighted by Crippen LogP contribution is -2.44. The van der Waals surface area contributed by atoms with Crippen molar-refractivity contribution in [2.24, 2.45) is 0 Å². The van der Waals surface area contributed by atoms with Crippen LogP contribution in [0.5, 0.6) is 0 Å². The van der Waals surface area contributed by atoms with E-state index in [9.17, 15) is 0 Å². The number of piperazine rings is 1. The van der Waals surface area contributed by atoms with Gasteiger partial charge in [0.2, 0.25) is 0 Å². The lowest BCUT2D eigenvalue weighted by molar-refractivity contribution is 0.193. The van der Waals surface area contributed by atoms with Crippen molar-refractivity contribution in [3.63, 3.8) is 0 Å². The molecule has 1 fully saturated rings. The summed E-state index contributed by atoms with van der Waals surface area (Å²) in [6.07, 6.45) is 3.65. The zero-order valence-electron chi connectivity index (χ0n) is 10.7. The molecule has 1 saturated heterocycles. The van der Waals surface area contributed by atoms with Gasteiger partial charge in [0.1, 0.15) is 0 Å².